The first-order chi connectivity index (χ1) is 6.11. The van der Waals surface area contributed by atoms with Gasteiger partial charge in [-0.2, -0.15) is 0 Å². The SMILES string of the molecule is CC(C)C(C)Oc1ccncc1N. The number of nitrogen functional groups attached to an aromatic ring is 1. The van der Waals surface area contributed by atoms with Crippen LogP contribution in [-0.2, 0) is 0 Å². The molecule has 0 aliphatic rings. The van der Waals surface area contributed by atoms with Crippen LogP contribution in [0.15, 0.2) is 18.5 Å². The summed E-state index contributed by atoms with van der Waals surface area (Å²) in [5, 5.41) is 0. The molecule has 1 atom stereocenters. The molecule has 1 unspecified atom stereocenters. The fourth-order valence-corrected chi connectivity index (χ4v) is 0.838. The van der Waals surface area contributed by atoms with Crippen molar-refractivity contribution >= 4 is 5.69 Å². The number of anilines is 1. The lowest BCUT2D eigenvalue weighted by molar-refractivity contribution is 0.171. The summed E-state index contributed by atoms with van der Waals surface area (Å²) in [5.74, 6) is 1.20. The van der Waals surface area contributed by atoms with E-state index in [9.17, 15) is 0 Å². The van der Waals surface area contributed by atoms with Gasteiger partial charge in [0.05, 0.1) is 18.0 Å². The van der Waals surface area contributed by atoms with E-state index < -0.39 is 0 Å². The molecule has 0 saturated carbocycles. The summed E-state index contributed by atoms with van der Waals surface area (Å²) >= 11 is 0. The van der Waals surface area contributed by atoms with Gasteiger partial charge in [-0.15, -0.1) is 0 Å². The maximum Gasteiger partial charge on any atom is 0.145 e. The van der Waals surface area contributed by atoms with Crippen LogP contribution in [0.2, 0.25) is 0 Å². The first-order valence-corrected chi connectivity index (χ1v) is 4.47. The van der Waals surface area contributed by atoms with Gasteiger partial charge >= 0.3 is 0 Å². The third-order valence-corrected chi connectivity index (χ3v) is 2.06. The van der Waals surface area contributed by atoms with Gasteiger partial charge in [0.1, 0.15) is 5.75 Å². The van der Waals surface area contributed by atoms with Crippen LogP contribution in [0, 0.1) is 5.92 Å². The minimum absolute atomic E-state index is 0.171. The van der Waals surface area contributed by atoms with Gasteiger partial charge in [-0.25, -0.2) is 0 Å². The highest BCUT2D eigenvalue weighted by Gasteiger charge is 2.09. The van der Waals surface area contributed by atoms with Crippen LogP contribution in [0.1, 0.15) is 20.8 Å². The monoisotopic (exact) mass is 180 g/mol. The molecule has 1 heterocycles. The Morgan fingerprint density at radius 1 is 1.38 bits per heavy atom. The van der Waals surface area contributed by atoms with E-state index in [2.05, 4.69) is 18.8 Å². The van der Waals surface area contributed by atoms with E-state index in [-0.39, 0.29) is 6.10 Å². The van der Waals surface area contributed by atoms with E-state index in [1.54, 1.807) is 18.5 Å². The summed E-state index contributed by atoms with van der Waals surface area (Å²) in [4.78, 5) is 3.89. The molecular formula is C10H16N2O. The highest BCUT2D eigenvalue weighted by atomic mass is 16.5. The summed E-state index contributed by atoms with van der Waals surface area (Å²) < 4.78 is 5.64. The van der Waals surface area contributed by atoms with Gasteiger partial charge in [0.25, 0.3) is 0 Å². The Morgan fingerprint density at radius 3 is 2.62 bits per heavy atom. The standard InChI is InChI=1S/C10H16N2O/c1-7(2)8(3)13-10-4-5-12-6-9(10)11/h4-8H,11H2,1-3H3. The largest absolute Gasteiger partial charge is 0.488 e. The van der Waals surface area contributed by atoms with Crippen molar-refractivity contribution in [1.82, 2.24) is 4.98 Å². The van der Waals surface area contributed by atoms with Crippen molar-refractivity contribution in [3.63, 3.8) is 0 Å². The molecule has 0 radical (unpaired) electrons. The van der Waals surface area contributed by atoms with Crippen molar-refractivity contribution in [2.75, 3.05) is 5.73 Å². The highest BCUT2D eigenvalue weighted by Crippen LogP contribution is 2.21. The third kappa shape index (κ3) is 2.61. The Morgan fingerprint density at radius 2 is 2.08 bits per heavy atom. The van der Waals surface area contributed by atoms with E-state index in [1.165, 1.54) is 0 Å². The number of ether oxygens (including phenoxy) is 1. The maximum atomic E-state index is 5.68. The quantitative estimate of drug-likeness (QED) is 0.774. The summed E-state index contributed by atoms with van der Waals surface area (Å²) in [6.45, 7) is 6.26. The molecule has 3 nitrogen and oxygen atoms in total. The Kier molecular flexibility index (Phi) is 3.12. The van der Waals surface area contributed by atoms with Crippen molar-refractivity contribution in [2.45, 2.75) is 26.9 Å². The zero-order valence-electron chi connectivity index (χ0n) is 8.32. The zero-order valence-corrected chi connectivity index (χ0v) is 8.32. The lowest BCUT2D eigenvalue weighted by Gasteiger charge is -2.18. The lowest BCUT2D eigenvalue weighted by Crippen LogP contribution is -2.19. The Bertz CT molecular complexity index is 273. The summed E-state index contributed by atoms with van der Waals surface area (Å²) in [5.41, 5.74) is 6.27. The smallest absolute Gasteiger partial charge is 0.145 e. The van der Waals surface area contributed by atoms with Gasteiger partial charge in [0.15, 0.2) is 0 Å². The fraction of sp³-hybridized carbons (Fsp3) is 0.500. The van der Waals surface area contributed by atoms with Crippen molar-refractivity contribution < 1.29 is 4.74 Å². The van der Waals surface area contributed by atoms with Crippen LogP contribution >= 0.6 is 0 Å². The van der Waals surface area contributed by atoms with Gasteiger partial charge in [-0.05, 0) is 12.8 Å². The molecule has 0 amide bonds. The van der Waals surface area contributed by atoms with E-state index in [1.807, 2.05) is 6.92 Å². The van der Waals surface area contributed by atoms with E-state index >= 15 is 0 Å². The summed E-state index contributed by atoms with van der Waals surface area (Å²) in [7, 11) is 0. The lowest BCUT2D eigenvalue weighted by atomic mass is 10.1. The van der Waals surface area contributed by atoms with Crippen molar-refractivity contribution in [2.24, 2.45) is 5.92 Å². The molecule has 0 aliphatic carbocycles. The number of nitrogens with zero attached hydrogens (tertiary/aromatic N) is 1. The molecule has 0 saturated heterocycles. The van der Waals surface area contributed by atoms with Crippen LogP contribution in [0.3, 0.4) is 0 Å². The van der Waals surface area contributed by atoms with Crippen LogP contribution in [-0.4, -0.2) is 11.1 Å². The van der Waals surface area contributed by atoms with Crippen LogP contribution in [0.5, 0.6) is 5.75 Å². The number of hydrogen-bond donors (Lipinski definition) is 1. The molecule has 1 aromatic rings. The molecule has 2 N–H and O–H groups in total. The van der Waals surface area contributed by atoms with E-state index in [0.29, 0.717) is 11.6 Å². The topological polar surface area (TPSA) is 48.1 Å². The normalized spacial score (nSPS) is 12.9. The number of hydrogen-bond acceptors (Lipinski definition) is 3. The van der Waals surface area contributed by atoms with Gasteiger partial charge in [0, 0.05) is 12.3 Å². The number of aromatic nitrogens is 1. The second kappa shape index (κ2) is 4.12. The van der Waals surface area contributed by atoms with Crippen LogP contribution in [0.25, 0.3) is 0 Å². The molecule has 0 aromatic carbocycles. The second-order valence-corrected chi connectivity index (χ2v) is 3.48. The molecule has 0 aliphatic heterocycles. The maximum absolute atomic E-state index is 5.68. The zero-order chi connectivity index (χ0) is 9.84. The Hall–Kier alpha value is -1.25. The predicted octanol–water partition coefficient (Wildman–Crippen LogP) is 2.09. The highest BCUT2D eigenvalue weighted by molar-refractivity contribution is 5.49. The van der Waals surface area contributed by atoms with Crippen molar-refractivity contribution in [3.8, 4) is 5.75 Å². The van der Waals surface area contributed by atoms with Gasteiger partial charge in [0.2, 0.25) is 0 Å². The average Bonchev–Trinajstić information content (AvgIpc) is 2.08. The Balaban J connectivity index is 2.69. The molecule has 0 fully saturated rings. The number of nitrogens with two attached hydrogens (primary N) is 1. The minimum Gasteiger partial charge on any atom is -0.488 e. The van der Waals surface area contributed by atoms with E-state index in [4.69, 9.17) is 10.5 Å². The van der Waals surface area contributed by atoms with Gasteiger partial charge in [-0.3, -0.25) is 4.98 Å². The first-order valence-electron chi connectivity index (χ1n) is 4.47. The molecule has 0 bridgehead atoms. The first kappa shape index (κ1) is 9.84. The molecule has 72 valence electrons. The molecule has 13 heavy (non-hydrogen) atoms. The fourth-order valence-electron chi connectivity index (χ4n) is 0.838. The van der Waals surface area contributed by atoms with Gasteiger partial charge < -0.3 is 10.5 Å². The average molecular weight is 180 g/mol. The van der Waals surface area contributed by atoms with Crippen molar-refractivity contribution in [3.05, 3.63) is 18.5 Å². The molecule has 3 heteroatoms. The molecule has 1 aromatic heterocycles. The van der Waals surface area contributed by atoms with Crippen molar-refractivity contribution in [1.29, 1.82) is 0 Å². The predicted molar refractivity (Wildman–Crippen MR) is 53.6 cm³/mol. The van der Waals surface area contributed by atoms with Crippen LogP contribution in [0.4, 0.5) is 5.69 Å². The molecular weight excluding hydrogens is 164 g/mol. The summed E-state index contributed by atoms with van der Waals surface area (Å²) in [6.07, 6.45) is 3.45. The molecule has 0 spiro atoms. The molecule has 1 rings (SSSR count). The number of pyridine rings is 1. The third-order valence-electron chi connectivity index (χ3n) is 2.06. The number of rotatable bonds is 3. The van der Waals surface area contributed by atoms with Gasteiger partial charge in [-0.1, -0.05) is 13.8 Å². The van der Waals surface area contributed by atoms with E-state index in [0.717, 1.165) is 5.75 Å². The minimum atomic E-state index is 0.171. The second-order valence-electron chi connectivity index (χ2n) is 3.48. The van der Waals surface area contributed by atoms with Crippen LogP contribution < -0.4 is 10.5 Å². The summed E-state index contributed by atoms with van der Waals surface area (Å²) in [6, 6.07) is 1.79. The Labute approximate surface area is 78.9 Å².